The SMILES string of the molecule is COC(=O)C(Cc1cc(C)c2c(cnn2C)c1)N(C)C(=O)Cl. The van der Waals surface area contributed by atoms with E-state index in [1.54, 1.807) is 10.9 Å². The lowest BCUT2D eigenvalue weighted by molar-refractivity contribution is -0.145. The van der Waals surface area contributed by atoms with Crippen LogP contribution in [0.3, 0.4) is 0 Å². The van der Waals surface area contributed by atoms with Crippen molar-refractivity contribution in [2.75, 3.05) is 14.2 Å². The second-order valence-corrected chi connectivity index (χ2v) is 5.55. The first kappa shape index (κ1) is 16.3. The van der Waals surface area contributed by atoms with Gasteiger partial charge in [-0.1, -0.05) is 6.07 Å². The molecule has 0 bridgehead atoms. The van der Waals surface area contributed by atoms with Crippen LogP contribution in [-0.2, 0) is 23.0 Å². The van der Waals surface area contributed by atoms with Gasteiger partial charge in [-0.2, -0.15) is 5.10 Å². The smallest absolute Gasteiger partial charge is 0.328 e. The van der Waals surface area contributed by atoms with Gasteiger partial charge in [0, 0.05) is 25.9 Å². The maximum absolute atomic E-state index is 11.9. The van der Waals surface area contributed by atoms with Crippen LogP contribution in [0.25, 0.3) is 10.9 Å². The summed E-state index contributed by atoms with van der Waals surface area (Å²) in [5, 5.41) is 4.52. The van der Waals surface area contributed by atoms with Gasteiger partial charge in [0.15, 0.2) is 0 Å². The molecule has 22 heavy (non-hydrogen) atoms. The number of ether oxygens (including phenoxy) is 1. The standard InChI is InChI=1S/C15H18ClN3O3/c1-9-5-10(6-11-8-17-19(3)13(9)11)7-12(14(20)22-4)18(2)15(16)21/h5-6,8,12H,7H2,1-4H3. The van der Waals surface area contributed by atoms with Gasteiger partial charge < -0.3 is 9.64 Å². The monoisotopic (exact) mass is 323 g/mol. The number of amides is 1. The highest BCUT2D eigenvalue weighted by atomic mass is 35.5. The highest BCUT2D eigenvalue weighted by Crippen LogP contribution is 2.22. The van der Waals surface area contributed by atoms with Gasteiger partial charge in [-0.25, -0.2) is 4.79 Å². The van der Waals surface area contributed by atoms with Crippen molar-refractivity contribution >= 4 is 33.8 Å². The van der Waals surface area contributed by atoms with Crippen molar-refractivity contribution in [3.05, 3.63) is 29.5 Å². The highest BCUT2D eigenvalue weighted by molar-refractivity contribution is 6.62. The zero-order valence-electron chi connectivity index (χ0n) is 13.0. The predicted molar refractivity (Wildman–Crippen MR) is 84.0 cm³/mol. The average Bonchev–Trinajstić information content (AvgIpc) is 2.85. The Kier molecular flexibility index (Phi) is 4.71. The van der Waals surface area contributed by atoms with Crippen molar-refractivity contribution in [3.63, 3.8) is 0 Å². The molecule has 1 heterocycles. The van der Waals surface area contributed by atoms with E-state index in [0.717, 1.165) is 22.0 Å². The Morgan fingerprint density at radius 2 is 2.14 bits per heavy atom. The second-order valence-electron chi connectivity index (χ2n) is 5.23. The molecule has 6 nitrogen and oxygen atoms in total. The predicted octanol–water partition coefficient (Wildman–Crippen LogP) is 2.26. The van der Waals surface area contributed by atoms with Gasteiger partial charge >= 0.3 is 11.3 Å². The van der Waals surface area contributed by atoms with E-state index in [1.165, 1.54) is 19.1 Å². The number of esters is 1. The van der Waals surface area contributed by atoms with Gasteiger partial charge in [-0.05, 0) is 35.7 Å². The molecule has 118 valence electrons. The molecule has 0 saturated heterocycles. The van der Waals surface area contributed by atoms with Crippen molar-refractivity contribution < 1.29 is 14.3 Å². The average molecular weight is 324 g/mol. The number of hydrogen-bond donors (Lipinski definition) is 0. The van der Waals surface area contributed by atoms with Gasteiger partial charge in [-0.15, -0.1) is 0 Å². The summed E-state index contributed by atoms with van der Waals surface area (Å²) in [6, 6.07) is 3.17. The van der Waals surface area contributed by atoms with E-state index in [-0.39, 0.29) is 0 Å². The van der Waals surface area contributed by atoms with Crippen LogP contribution >= 0.6 is 11.6 Å². The number of halogens is 1. The lowest BCUT2D eigenvalue weighted by Crippen LogP contribution is -2.42. The van der Waals surface area contributed by atoms with Gasteiger partial charge in [0.05, 0.1) is 18.8 Å². The molecule has 1 atom stereocenters. The molecule has 7 heteroatoms. The van der Waals surface area contributed by atoms with Crippen LogP contribution in [-0.4, -0.2) is 46.2 Å². The molecule has 0 radical (unpaired) electrons. The van der Waals surface area contributed by atoms with Crippen molar-refractivity contribution in [1.82, 2.24) is 14.7 Å². The minimum Gasteiger partial charge on any atom is -0.467 e. The molecule has 0 aliphatic carbocycles. The van der Waals surface area contributed by atoms with Crippen molar-refractivity contribution in [2.24, 2.45) is 7.05 Å². The van der Waals surface area contributed by atoms with Crippen LogP contribution in [0.5, 0.6) is 0 Å². The first-order valence-electron chi connectivity index (χ1n) is 6.76. The van der Waals surface area contributed by atoms with E-state index >= 15 is 0 Å². The summed E-state index contributed by atoms with van der Waals surface area (Å²) in [7, 11) is 4.65. The summed E-state index contributed by atoms with van der Waals surface area (Å²) in [5.41, 5.74) is 3.01. The summed E-state index contributed by atoms with van der Waals surface area (Å²) in [4.78, 5) is 24.4. The molecule has 0 fully saturated rings. The minimum atomic E-state index is -0.761. The lowest BCUT2D eigenvalue weighted by Gasteiger charge is -2.24. The summed E-state index contributed by atoms with van der Waals surface area (Å²) in [5.74, 6) is -0.500. The maximum Gasteiger partial charge on any atom is 0.328 e. The third-order valence-corrected chi connectivity index (χ3v) is 4.00. The van der Waals surface area contributed by atoms with Crippen LogP contribution in [0.2, 0.25) is 0 Å². The molecule has 1 aromatic heterocycles. The number of likely N-dealkylation sites (N-methyl/N-ethyl adjacent to an activating group) is 1. The number of aryl methyl sites for hydroxylation is 2. The van der Waals surface area contributed by atoms with Crippen molar-refractivity contribution in [1.29, 1.82) is 0 Å². The first-order chi connectivity index (χ1) is 10.3. The fraction of sp³-hybridized carbons (Fsp3) is 0.400. The Labute approximate surface area is 133 Å². The zero-order chi connectivity index (χ0) is 16.4. The summed E-state index contributed by atoms with van der Waals surface area (Å²) < 4.78 is 6.58. The van der Waals surface area contributed by atoms with Crippen LogP contribution < -0.4 is 0 Å². The molecule has 2 aromatic rings. The molecule has 2 rings (SSSR count). The fourth-order valence-corrected chi connectivity index (χ4v) is 2.73. The number of benzene rings is 1. The quantitative estimate of drug-likeness (QED) is 0.492. The molecule has 1 amide bonds. The fourth-order valence-electron chi connectivity index (χ4n) is 2.61. The van der Waals surface area contributed by atoms with Crippen LogP contribution in [0.15, 0.2) is 18.3 Å². The van der Waals surface area contributed by atoms with Gasteiger partial charge in [-0.3, -0.25) is 9.48 Å². The molecule has 0 aliphatic rings. The molecule has 0 spiro atoms. The molecule has 0 N–H and O–H groups in total. The summed E-state index contributed by atoms with van der Waals surface area (Å²) in [6.07, 6.45) is 2.10. The van der Waals surface area contributed by atoms with Crippen LogP contribution in [0.4, 0.5) is 4.79 Å². The summed E-state index contributed by atoms with van der Waals surface area (Å²) >= 11 is 5.49. The normalized spacial score (nSPS) is 12.2. The number of carbonyl (C=O) groups is 2. The highest BCUT2D eigenvalue weighted by Gasteiger charge is 2.27. The molecule has 0 aliphatic heterocycles. The van der Waals surface area contributed by atoms with E-state index in [1.807, 2.05) is 26.1 Å². The number of hydrogen-bond acceptors (Lipinski definition) is 4. The maximum atomic E-state index is 11.9. The van der Waals surface area contributed by atoms with Crippen molar-refractivity contribution in [3.8, 4) is 0 Å². The third-order valence-electron chi connectivity index (χ3n) is 3.73. The minimum absolute atomic E-state index is 0.327. The van der Waals surface area contributed by atoms with Gasteiger partial charge in [0.1, 0.15) is 6.04 Å². The second kappa shape index (κ2) is 6.36. The largest absolute Gasteiger partial charge is 0.467 e. The number of methoxy groups -OCH3 is 1. The molecule has 1 aromatic carbocycles. The third kappa shape index (κ3) is 3.06. The zero-order valence-corrected chi connectivity index (χ0v) is 13.7. The number of rotatable bonds is 4. The Bertz CT molecular complexity index is 726. The van der Waals surface area contributed by atoms with E-state index in [0.29, 0.717) is 6.42 Å². The Hall–Kier alpha value is -2.08. The van der Waals surface area contributed by atoms with E-state index in [4.69, 9.17) is 16.3 Å². The first-order valence-corrected chi connectivity index (χ1v) is 7.14. The van der Waals surface area contributed by atoms with E-state index in [2.05, 4.69) is 5.10 Å². The van der Waals surface area contributed by atoms with E-state index < -0.39 is 17.4 Å². The molecular weight excluding hydrogens is 306 g/mol. The Morgan fingerprint density at radius 3 is 2.73 bits per heavy atom. The Balaban J connectivity index is 2.37. The number of fused-ring (bicyclic) bond motifs is 1. The number of nitrogens with zero attached hydrogens (tertiary/aromatic N) is 3. The molecular formula is C15H18ClN3O3. The molecule has 0 saturated carbocycles. The van der Waals surface area contributed by atoms with Crippen molar-refractivity contribution in [2.45, 2.75) is 19.4 Å². The topological polar surface area (TPSA) is 64.4 Å². The van der Waals surface area contributed by atoms with Crippen LogP contribution in [0.1, 0.15) is 11.1 Å². The Morgan fingerprint density at radius 1 is 1.45 bits per heavy atom. The number of carbonyl (C=O) groups excluding carboxylic acids is 2. The van der Waals surface area contributed by atoms with Gasteiger partial charge in [0.2, 0.25) is 0 Å². The van der Waals surface area contributed by atoms with Gasteiger partial charge in [0.25, 0.3) is 0 Å². The number of aromatic nitrogens is 2. The molecule has 1 unspecified atom stereocenters. The lowest BCUT2D eigenvalue weighted by atomic mass is 10.0. The summed E-state index contributed by atoms with van der Waals surface area (Å²) in [6.45, 7) is 1.98. The van der Waals surface area contributed by atoms with E-state index in [9.17, 15) is 9.59 Å². The van der Waals surface area contributed by atoms with Crippen LogP contribution in [0, 0.1) is 6.92 Å².